The summed E-state index contributed by atoms with van der Waals surface area (Å²) in [6.07, 6.45) is 1.82. The zero-order chi connectivity index (χ0) is 15.1. The number of carbonyl (C=O) groups is 1. The molecule has 0 aliphatic carbocycles. The Bertz CT molecular complexity index is 537. The molecule has 20 heavy (non-hydrogen) atoms. The predicted octanol–water partition coefficient (Wildman–Crippen LogP) is 3.16. The molecule has 4 nitrogen and oxygen atoms in total. The SMILES string of the molecule is C=CCCO[C@@H](C)C(=O)N(C)c1cc(Cl)ccc1C#N. The summed E-state index contributed by atoms with van der Waals surface area (Å²) in [6, 6.07) is 6.84. The van der Waals surface area contributed by atoms with E-state index in [4.69, 9.17) is 21.6 Å². The highest BCUT2D eigenvalue weighted by Gasteiger charge is 2.21. The molecule has 0 aromatic heterocycles. The molecule has 0 radical (unpaired) electrons. The van der Waals surface area contributed by atoms with Crippen molar-refractivity contribution in [2.75, 3.05) is 18.6 Å². The molecule has 0 heterocycles. The van der Waals surface area contributed by atoms with E-state index in [0.29, 0.717) is 29.3 Å². The number of hydrogen-bond donors (Lipinski definition) is 0. The van der Waals surface area contributed by atoms with Crippen LogP contribution in [0.4, 0.5) is 5.69 Å². The Kier molecular flexibility index (Phi) is 6.23. The van der Waals surface area contributed by atoms with E-state index in [0.717, 1.165) is 0 Å². The minimum Gasteiger partial charge on any atom is -0.368 e. The summed E-state index contributed by atoms with van der Waals surface area (Å²) < 4.78 is 5.41. The van der Waals surface area contributed by atoms with Crippen LogP contribution >= 0.6 is 11.6 Å². The molecule has 106 valence electrons. The zero-order valence-corrected chi connectivity index (χ0v) is 12.4. The van der Waals surface area contributed by atoms with Crippen molar-refractivity contribution in [2.45, 2.75) is 19.4 Å². The molecular weight excluding hydrogens is 276 g/mol. The van der Waals surface area contributed by atoms with Crippen molar-refractivity contribution in [2.24, 2.45) is 0 Å². The minimum atomic E-state index is -0.592. The van der Waals surface area contributed by atoms with Crippen molar-refractivity contribution in [1.82, 2.24) is 0 Å². The van der Waals surface area contributed by atoms with Crippen molar-refractivity contribution in [1.29, 1.82) is 5.26 Å². The normalized spacial score (nSPS) is 11.5. The molecule has 0 fully saturated rings. The van der Waals surface area contributed by atoms with Crippen LogP contribution in [0.3, 0.4) is 0 Å². The summed E-state index contributed by atoms with van der Waals surface area (Å²) in [5, 5.41) is 9.55. The molecule has 5 heteroatoms. The predicted molar refractivity (Wildman–Crippen MR) is 79.8 cm³/mol. The second-order valence-electron chi connectivity index (χ2n) is 4.26. The van der Waals surface area contributed by atoms with Gasteiger partial charge in [0.05, 0.1) is 17.9 Å². The monoisotopic (exact) mass is 292 g/mol. The number of benzene rings is 1. The summed E-state index contributed by atoms with van der Waals surface area (Å²) in [7, 11) is 1.60. The summed E-state index contributed by atoms with van der Waals surface area (Å²) >= 11 is 5.91. The van der Waals surface area contributed by atoms with Crippen LogP contribution in [-0.4, -0.2) is 25.7 Å². The van der Waals surface area contributed by atoms with Crippen LogP contribution < -0.4 is 4.90 Å². The zero-order valence-electron chi connectivity index (χ0n) is 11.6. The van der Waals surface area contributed by atoms with Crippen LogP contribution in [0.15, 0.2) is 30.9 Å². The van der Waals surface area contributed by atoms with Crippen LogP contribution in [0, 0.1) is 11.3 Å². The van der Waals surface area contributed by atoms with Gasteiger partial charge >= 0.3 is 0 Å². The number of ether oxygens (including phenoxy) is 1. The molecule has 0 aliphatic rings. The molecule has 0 spiro atoms. The van der Waals surface area contributed by atoms with Crippen molar-refractivity contribution >= 4 is 23.2 Å². The van der Waals surface area contributed by atoms with E-state index in [9.17, 15) is 4.79 Å². The first-order chi connectivity index (χ1) is 9.51. The van der Waals surface area contributed by atoms with Gasteiger partial charge in [-0.05, 0) is 31.5 Å². The summed E-state index contributed by atoms with van der Waals surface area (Å²) in [5.41, 5.74) is 0.868. The Morgan fingerprint density at radius 1 is 1.65 bits per heavy atom. The van der Waals surface area contributed by atoms with Crippen molar-refractivity contribution in [3.8, 4) is 6.07 Å². The first kappa shape index (κ1) is 16.2. The number of carbonyl (C=O) groups excluding carboxylic acids is 1. The number of amides is 1. The van der Waals surface area contributed by atoms with Crippen molar-refractivity contribution in [3.05, 3.63) is 41.4 Å². The summed E-state index contributed by atoms with van der Waals surface area (Å²) in [5.74, 6) is -0.229. The van der Waals surface area contributed by atoms with Gasteiger partial charge in [-0.1, -0.05) is 17.7 Å². The topological polar surface area (TPSA) is 53.3 Å². The third kappa shape index (κ3) is 4.09. The van der Waals surface area contributed by atoms with E-state index < -0.39 is 6.10 Å². The average Bonchev–Trinajstić information content (AvgIpc) is 2.45. The van der Waals surface area contributed by atoms with Gasteiger partial charge in [-0.3, -0.25) is 4.79 Å². The van der Waals surface area contributed by atoms with E-state index in [1.165, 1.54) is 4.90 Å². The summed E-state index contributed by atoms with van der Waals surface area (Å²) in [4.78, 5) is 13.6. The standard InChI is InChI=1S/C15H17ClN2O2/c1-4-5-8-20-11(2)15(19)18(3)14-9-13(16)7-6-12(14)10-17/h4,6-7,9,11H,1,5,8H2,2-3H3/t11-/m0/s1. The Hall–Kier alpha value is -1.83. The van der Waals surface area contributed by atoms with Crippen LogP contribution in [0.5, 0.6) is 0 Å². The van der Waals surface area contributed by atoms with Crippen LogP contribution in [0.25, 0.3) is 0 Å². The molecule has 0 N–H and O–H groups in total. The molecule has 1 amide bonds. The summed E-state index contributed by atoms with van der Waals surface area (Å²) in [6.45, 7) is 5.71. The molecule has 1 aromatic rings. The number of nitriles is 1. The van der Waals surface area contributed by atoms with Crippen molar-refractivity contribution < 1.29 is 9.53 Å². The number of anilines is 1. The number of likely N-dealkylation sites (N-methyl/N-ethyl adjacent to an activating group) is 1. The highest BCUT2D eigenvalue weighted by atomic mass is 35.5. The molecule has 1 atom stereocenters. The highest BCUT2D eigenvalue weighted by Crippen LogP contribution is 2.24. The fourth-order valence-electron chi connectivity index (χ4n) is 1.67. The van der Waals surface area contributed by atoms with Gasteiger partial charge in [0.25, 0.3) is 5.91 Å². The third-order valence-electron chi connectivity index (χ3n) is 2.81. The van der Waals surface area contributed by atoms with Gasteiger partial charge in [0.1, 0.15) is 12.2 Å². The molecule has 0 aliphatic heterocycles. The molecule has 1 aromatic carbocycles. The Morgan fingerprint density at radius 2 is 2.35 bits per heavy atom. The van der Waals surface area contributed by atoms with Crippen molar-refractivity contribution in [3.63, 3.8) is 0 Å². The number of hydrogen-bond acceptors (Lipinski definition) is 3. The van der Waals surface area contributed by atoms with Gasteiger partial charge < -0.3 is 9.64 Å². The molecule has 0 unspecified atom stereocenters. The lowest BCUT2D eigenvalue weighted by atomic mass is 10.1. The number of rotatable bonds is 6. The highest BCUT2D eigenvalue weighted by molar-refractivity contribution is 6.31. The first-order valence-electron chi connectivity index (χ1n) is 6.21. The lowest BCUT2D eigenvalue weighted by molar-refractivity contribution is -0.128. The van der Waals surface area contributed by atoms with Gasteiger partial charge in [-0.2, -0.15) is 5.26 Å². The number of halogens is 1. The van der Waals surface area contributed by atoms with Gasteiger partial charge in [-0.25, -0.2) is 0 Å². The second kappa shape index (κ2) is 7.68. The second-order valence-corrected chi connectivity index (χ2v) is 4.70. The first-order valence-corrected chi connectivity index (χ1v) is 6.58. The Labute approximate surface area is 124 Å². The quantitative estimate of drug-likeness (QED) is 0.598. The fourth-order valence-corrected chi connectivity index (χ4v) is 1.83. The molecule has 0 bridgehead atoms. The molecule has 0 saturated heterocycles. The van der Waals surface area contributed by atoms with E-state index >= 15 is 0 Å². The van der Waals surface area contributed by atoms with Gasteiger partial charge in [-0.15, -0.1) is 6.58 Å². The van der Waals surface area contributed by atoms with Gasteiger partial charge in [0, 0.05) is 12.1 Å². The van der Waals surface area contributed by atoms with Gasteiger partial charge in [0.15, 0.2) is 0 Å². The van der Waals surface area contributed by atoms with Crippen LogP contribution in [0.2, 0.25) is 5.02 Å². The van der Waals surface area contributed by atoms with E-state index in [1.54, 1.807) is 38.2 Å². The van der Waals surface area contributed by atoms with Crippen LogP contribution in [-0.2, 0) is 9.53 Å². The minimum absolute atomic E-state index is 0.229. The smallest absolute Gasteiger partial charge is 0.255 e. The van der Waals surface area contributed by atoms with Crippen LogP contribution in [0.1, 0.15) is 18.9 Å². The molecule has 0 saturated carbocycles. The lowest BCUT2D eigenvalue weighted by Crippen LogP contribution is -2.37. The number of nitrogens with zero attached hydrogens (tertiary/aromatic N) is 2. The largest absolute Gasteiger partial charge is 0.368 e. The van der Waals surface area contributed by atoms with E-state index in [-0.39, 0.29) is 5.91 Å². The maximum Gasteiger partial charge on any atom is 0.255 e. The Balaban J connectivity index is 2.86. The van der Waals surface area contributed by atoms with E-state index in [2.05, 4.69) is 6.58 Å². The fraction of sp³-hybridized carbons (Fsp3) is 0.333. The van der Waals surface area contributed by atoms with E-state index in [1.807, 2.05) is 6.07 Å². The maximum absolute atomic E-state index is 12.2. The Morgan fingerprint density at radius 3 is 2.95 bits per heavy atom. The third-order valence-corrected chi connectivity index (χ3v) is 3.04. The van der Waals surface area contributed by atoms with Gasteiger partial charge in [0.2, 0.25) is 0 Å². The lowest BCUT2D eigenvalue weighted by Gasteiger charge is -2.22. The molecular formula is C15H17ClN2O2. The average molecular weight is 293 g/mol. The maximum atomic E-state index is 12.2. The molecule has 1 rings (SSSR count).